The number of hydrogen-bond acceptors (Lipinski definition) is 4. The van der Waals surface area contributed by atoms with Crippen molar-refractivity contribution in [3.8, 4) is 5.75 Å². The van der Waals surface area contributed by atoms with Crippen LogP contribution in [0.4, 0.5) is 5.69 Å². The largest absolute Gasteiger partial charge is 0.497 e. The molecular formula is C20H29N3O3. The van der Waals surface area contributed by atoms with Crippen LogP contribution in [0.25, 0.3) is 0 Å². The number of rotatable bonds is 6. The number of anilines is 1. The molecule has 26 heavy (non-hydrogen) atoms. The van der Waals surface area contributed by atoms with Crippen LogP contribution in [0.1, 0.15) is 20.3 Å². The molecule has 0 spiro atoms. The molecule has 1 heterocycles. The van der Waals surface area contributed by atoms with E-state index < -0.39 is 0 Å². The first-order valence-electron chi connectivity index (χ1n) is 9.55. The van der Waals surface area contributed by atoms with Crippen LogP contribution in [0.5, 0.6) is 5.75 Å². The minimum atomic E-state index is -0.101. The zero-order chi connectivity index (χ0) is 18.7. The highest BCUT2D eigenvalue weighted by Gasteiger charge is 2.50. The van der Waals surface area contributed by atoms with Crippen molar-refractivity contribution in [3.63, 3.8) is 0 Å². The number of benzene rings is 1. The molecule has 0 radical (unpaired) electrons. The smallest absolute Gasteiger partial charge is 0.226 e. The Morgan fingerprint density at radius 2 is 1.65 bits per heavy atom. The van der Waals surface area contributed by atoms with Gasteiger partial charge in [0.05, 0.1) is 18.9 Å². The van der Waals surface area contributed by atoms with Crippen LogP contribution in [0.15, 0.2) is 24.3 Å². The van der Waals surface area contributed by atoms with Crippen molar-refractivity contribution < 1.29 is 14.3 Å². The Hall–Kier alpha value is -2.24. The molecule has 3 rings (SSSR count). The summed E-state index contributed by atoms with van der Waals surface area (Å²) >= 11 is 0. The fourth-order valence-corrected chi connectivity index (χ4v) is 3.72. The highest BCUT2D eigenvalue weighted by atomic mass is 16.5. The van der Waals surface area contributed by atoms with Crippen molar-refractivity contribution in [2.75, 3.05) is 51.3 Å². The molecule has 1 saturated heterocycles. The molecule has 2 amide bonds. The minimum absolute atomic E-state index is 0.0954. The Bertz CT molecular complexity index is 634. The van der Waals surface area contributed by atoms with Crippen molar-refractivity contribution in [2.24, 2.45) is 11.8 Å². The van der Waals surface area contributed by atoms with Crippen LogP contribution in [-0.2, 0) is 9.59 Å². The third-order valence-corrected chi connectivity index (χ3v) is 5.53. The lowest BCUT2D eigenvalue weighted by Gasteiger charge is -2.36. The lowest BCUT2D eigenvalue weighted by Crippen LogP contribution is -2.49. The van der Waals surface area contributed by atoms with Gasteiger partial charge in [-0.25, -0.2) is 0 Å². The second kappa shape index (κ2) is 7.98. The monoisotopic (exact) mass is 359 g/mol. The number of carbonyl (C=O) groups excluding carboxylic acids is 2. The van der Waals surface area contributed by atoms with E-state index in [0.29, 0.717) is 32.6 Å². The van der Waals surface area contributed by atoms with Crippen LogP contribution in [0.3, 0.4) is 0 Å². The van der Waals surface area contributed by atoms with Crippen LogP contribution in [-0.4, -0.2) is 68.0 Å². The number of carbonyl (C=O) groups is 2. The summed E-state index contributed by atoms with van der Waals surface area (Å²) in [4.78, 5) is 31.2. The Morgan fingerprint density at radius 3 is 2.19 bits per heavy atom. The van der Waals surface area contributed by atoms with Crippen molar-refractivity contribution >= 4 is 17.5 Å². The van der Waals surface area contributed by atoms with Gasteiger partial charge in [0.25, 0.3) is 0 Å². The fourth-order valence-electron chi connectivity index (χ4n) is 3.72. The van der Waals surface area contributed by atoms with Crippen molar-refractivity contribution in [1.29, 1.82) is 0 Å². The van der Waals surface area contributed by atoms with Gasteiger partial charge in [-0.1, -0.05) is 0 Å². The number of hydrogen-bond donors (Lipinski definition) is 0. The SMILES string of the molecule is CCN(CC)C(=O)C1CC1C(=O)N1CCN(c2ccc(OC)cc2)CC1. The molecule has 2 aliphatic rings. The van der Waals surface area contributed by atoms with Crippen LogP contribution < -0.4 is 9.64 Å². The highest BCUT2D eigenvalue weighted by Crippen LogP contribution is 2.41. The van der Waals surface area contributed by atoms with E-state index in [9.17, 15) is 9.59 Å². The second-order valence-corrected chi connectivity index (χ2v) is 6.97. The van der Waals surface area contributed by atoms with Gasteiger partial charge < -0.3 is 19.4 Å². The first-order chi connectivity index (χ1) is 12.6. The van der Waals surface area contributed by atoms with E-state index >= 15 is 0 Å². The predicted octanol–water partition coefficient (Wildman–Crippen LogP) is 1.85. The summed E-state index contributed by atoms with van der Waals surface area (Å²) in [7, 11) is 1.66. The zero-order valence-corrected chi connectivity index (χ0v) is 16.0. The minimum Gasteiger partial charge on any atom is -0.497 e. The fraction of sp³-hybridized carbons (Fsp3) is 0.600. The molecule has 6 nitrogen and oxygen atoms in total. The van der Waals surface area contributed by atoms with Gasteiger partial charge in [-0.05, 0) is 44.5 Å². The highest BCUT2D eigenvalue weighted by molar-refractivity contribution is 5.92. The Labute approximate surface area is 155 Å². The quantitative estimate of drug-likeness (QED) is 0.778. The van der Waals surface area contributed by atoms with Crippen molar-refractivity contribution in [1.82, 2.24) is 9.80 Å². The Kier molecular flexibility index (Phi) is 5.69. The molecule has 0 bridgehead atoms. The number of amides is 2. The van der Waals surface area contributed by atoms with Crippen LogP contribution >= 0.6 is 0 Å². The summed E-state index contributed by atoms with van der Waals surface area (Å²) in [5.41, 5.74) is 1.15. The normalized spacial score (nSPS) is 22.1. The van der Waals surface area contributed by atoms with Gasteiger partial charge in [0.1, 0.15) is 5.75 Å². The maximum Gasteiger partial charge on any atom is 0.226 e. The number of ether oxygens (including phenoxy) is 1. The van der Waals surface area contributed by atoms with Gasteiger partial charge in [0, 0.05) is 45.0 Å². The molecular weight excluding hydrogens is 330 g/mol. The van der Waals surface area contributed by atoms with E-state index in [2.05, 4.69) is 17.0 Å². The van der Waals surface area contributed by atoms with E-state index in [4.69, 9.17) is 4.74 Å². The molecule has 1 aliphatic carbocycles. The van der Waals surface area contributed by atoms with Crippen molar-refractivity contribution in [2.45, 2.75) is 20.3 Å². The molecule has 1 aliphatic heterocycles. The first-order valence-corrected chi connectivity index (χ1v) is 9.55. The van der Waals surface area contributed by atoms with Crippen LogP contribution in [0.2, 0.25) is 0 Å². The summed E-state index contributed by atoms with van der Waals surface area (Å²) in [5, 5.41) is 0. The van der Waals surface area contributed by atoms with Gasteiger partial charge >= 0.3 is 0 Å². The zero-order valence-electron chi connectivity index (χ0n) is 16.0. The van der Waals surface area contributed by atoms with Crippen molar-refractivity contribution in [3.05, 3.63) is 24.3 Å². The molecule has 1 aromatic rings. The van der Waals surface area contributed by atoms with Gasteiger partial charge in [-0.2, -0.15) is 0 Å². The molecule has 6 heteroatoms. The molecule has 1 aromatic carbocycles. The maximum absolute atomic E-state index is 12.7. The molecule has 0 aromatic heterocycles. The van der Waals surface area contributed by atoms with E-state index in [1.165, 1.54) is 0 Å². The first kappa shape index (κ1) is 18.5. The predicted molar refractivity (Wildman–Crippen MR) is 101 cm³/mol. The van der Waals surface area contributed by atoms with Gasteiger partial charge in [-0.15, -0.1) is 0 Å². The van der Waals surface area contributed by atoms with Gasteiger partial charge in [0.15, 0.2) is 0 Å². The van der Waals surface area contributed by atoms with E-state index in [1.807, 2.05) is 35.8 Å². The molecule has 2 fully saturated rings. The van der Waals surface area contributed by atoms with Gasteiger partial charge in [0.2, 0.25) is 11.8 Å². The standard InChI is InChI=1S/C20H29N3O3/c1-4-21(5-2)19(24)17-14-18(17)20(25)23-12-10-22(11-13-23)15-6-8-16(26-3)9-7-15/h6-9,17-18H,4-5,10-14H2,1-3H3. The Morgan fingerprint density at radius 1 is 1.04 bits per heavy atom. The van der Waals surface area contributed by atoms with Crippen LogP contribution in [0, 0.1) is 11.8 Å². The second-order valence-electron chi connectivity index (χ2n) is 6.97. The maximum atomic E-state index is 12.7. The number of methoxy groups -OCH3 is 1. The molecule has 2 atom stereocenters. The summed E-state index contributed by atoms with van der Waals surface area (Å²) in [5.74, 6) is 0.952. The summed E-state index contributed by atoms with van der Waals surface area (Å²) in [6.07, 6.45) is 0.715. The topological polar surface area (TPSA) is 53.1 Å². The Balaban J connectivity index is 1.50. The molecule has 142 valence electrons. The molecule has 1 saturated carbocycles. The van der Waals surface area contributed by atoms with Gasteiger partial charge in [-0.3, -0.25) is 9.59 Å². The number of piperazine rings is 1. The average molecular weight is 359 g/mol. The van der Waals surface area contributed by atoms with E-state index in [-0.39, 0.29) is 23.7 Å². The molecule has 2 unspecified atom stereocenters. The average Bonchev–Trinajstić information content (AvgIpc) is 3.49. The van der Waals surface area contributed by atoms with E-state index in [0.717, 1.165) is 24.5 Å². The lowest BCUT2D eigenvalue weighted by atomic mass is 10.2. The third kappa shape index (κ3) is 3.79. The third-order valence-electron chi connectivity index (χ3n) is 5.53. The number of nitrogens with zero attached hydrogens (tertiary/aromatic N) is 3. The summed E-state index contributed by atoms with van der Waals surface area (Å²) < 4.78 is 5.20. The van der Waals surface area contributed by atoms with E-state index in [1.54, 1.807) is 7.11 Å². The summed E-state index contributed by atoms with van der Waals surface area (Å²) in [6, 6.07) is 8.02. The summed E-state index contributed by atoms with van der Waals surface area (Å²) in [6.45, 7) is 8.47. The lowest BCUT2D eigenvalue weighted by molar-refractivity contribution is -0.138. The molecule has 0 N–H and O–H groups in total.